The third-order valence-corrected chi connectivity index (χ3v) is 4.07. The topological polar surface area (TPSA) is 24.5 Å². The minimum atomic E-state index is 0.413. The van der Waals surface area contributed by atoms with E-state index in [2.05, 4.69) is 61.4 Å². The molecule has 0 radical (unpaired) electrons. The van der Waals surface area contributed by atoms with Crippen LogP contribution in [0.2, 0.25) is 0 Å². The van der Waals surface area contributed by atoms with E-state index in [-0.39, 0.29) is 0 Å². The lowest BCUT2D eigenvalue weighted by Crippen LogP contribution is -2.46. The maximum absolute atomic E-state index is 5.51. The maximum Gasteiger partial charge on any atom is 0.0619 e. The van der Waals surface area contributed by atoms with Crippen LogP contribution in [-0.2, 0) is 4.74 Å². The fourth-order valence-corrected chi connectivity index (χ4v) is 2.95. The first-order chi connectivity index (χ1) is 9.22. The van der Waals surface area contributed by atoms with Crippen LogP contribution in [0.3, 0.4) is 0 Å². The fourth-order valence-electron chi connectivity index (χ4n) is 2.95. The fraction of sp³-hybridized carbons (Fsp3) is 0.625. The van der Waals surface area contributed by atoms with Crippen molar-refractivity contribution in [2.24, 2.45) is 5.92 Å². The number of hydrogen-bond donors (Lipinski definition) is 1. The van der Waals surface area contributed by atoms with Crippen LogP contribution in [0.4, 0.5) is 0 Å². The molecule has 0 spiro atoms. The molecule has 0 bridgehead atoms. The van der Waals surface area contributed by atoms with Crippen molar-refractivity contribution in [1.82, 2.24) is 10.2 Å². The van der Waals surface area contributed by atoms with E-state index < -0.39 is 0 Å². The van der Waals surface area contributed by atoms with Crippen LogP contribution in [0.15, 0.2) is 30.3 Å². The summed E-state index contributed by atoms with van der Waals surface area (Å²) in [6.45, 7) is 8.48. The smallest absolute Gasteiger partial charge is 0.0619 e. The van der Waals surface area contributed by atoms with E-state index in [4.69, 9.17) is 4.74 Å². The average molecular weight is 262 g/mol. The van der Waals surface area contributed by atoms with E-state index in [1.165, 1.54) is 5.56 Å². The summed E-state index contributed by atoms with van der Waals surface area (Å²) in [5.41, 5.74) is 1.37. The van der Waals surface area contributed by atoms with Crippen molar-refractivity contribution in [3.8, 4) is 0 Å². The summed E-state index contributed by atoms with van der Waals surface area (Å²) in [4.78, 5) is 2.54. The normalized spacial score (nSPS) is 24.1. The SMILES string of the molecule is CNC(c1ccccc1)C(C)CN1CCOCC1C. The van der Waals surface area contributed by atoms with E-state index in [0.717, 1.165) is 26.3 Å². The predicted octanol–water partition coefficient (Wildman–Crippen LogP) is 2.30. The molecule has 1 N–H and O–H groups in total. The van der Waals surface area contributed by atoms with Gasteiger partial charge in [0.1, 0.15) is 0 Å². The molecule has 19 heavy (non-hydrogen) atoms. The van der Waals surface area contributed by atoms with Gasteiger partial charge in [-0.15, -0.1) is 0 Å². The van der Waals surface area contributed by atoms with Crippen molar-refractivity contribution < 1.29 is 4.74 Å². The van der Waals surface area contributed by atoms with Crippen LogP contribution in [0.25, 0.3) is 0 Å². The monoisotopic (exact) mass is 262 g/mol. The molecular weight excluding hydrogens is 236 g/mol. The minimum Gasteiger partial charge on any atom is -0.379 e. The Morgan fingerprint density at radius 3 is 2.74 bits per heavy atom. The quantitative estimate of drug-likeness (QED) is 0.881. The number of hydrogen-bond acceptors (Lipinski definition) is 3. The molecule has 1 heterocycles. The van der Waals surface area contributed by atoms with Crippen LogP contribution in [0.1, 0.15) is 25.5 Å². The van der Waals surface area contributed by atoms with Gasteiger partial charge in [-0.05, 0) is 25.5 Å². The summed E-state index contributed by atoms with van der Waals surface area (Å²) in [5.74, 6) is 0.577. The number of nitrogens with zero attached hydrogens (tertiary/aromatic N) is 1. The Labute approximate surface area is 116 Å². The van der Waals surface area contributed by atoms with Gasteiger partial charge in [-0.3, -0.25) is 4.90 Å². The second kappa shape index (κ2) is 7.04. The Morgan fingerprint density at radius 1 is 1.37 bits per heavy atom. The third-order valence-electron chi connectivity index (χ3n) is 4.07. The minimum absolute atomic E-state index is 0.413. The number of morpholine rings is 1. The maximum atomic E-state index is 5.51. The molecule has 3 unspecified atom stereocenters. The van der Waals surface area contributed by atoms with Crippen molar-refractivity contribution in [2.75, 3.05) is 33.4 Å². The van der Waals surface area contributed by atoms with Gasteiger partial charge in [0, 0.05) is 25.2 Å². The molecule has 1 fully saturated rings. The van der Waals surface area contributed by atoms with Crippen LogP contribution < -0.4 is 5.32 Å². The standard InChI is InChI=1S/C16H26N2O/c1-13(11-18-9-10-19-12-14(18)2)16(17-3)15-7-5-4-6-8-15/h4-8,13-14,16-17H,9-12H2,1-3H3. The Balaban J connectivity index is 1.98. The molecule has 3 heteroatoms. The van der Waals surface area contributed by atoms with Crippen molar-refractivity contribution in [1.29, 1.82) is 0 Å². The van der Waals surface area contributed by atoms with Crippen molar-refractivity contribution in [3.05, 3.63) is 35.9 Å². The lowest BCUT2D eigenvalue weighted by molar-refractivity contribution is -0.00838. The molecule has 3 atom stereocenters. The predicted molar refractivity (Wildman–Crippen MR) is 79.3 cm³/mol. The van der Waals surface area contributed by atoms with Gasteiger partial charge in [-0.2, -0.15) is 0 Å². The van der Waals surface area contributed by atoms with Gasteiger partial charge in [-0.1, -0.05) is 37.3 Å². The molecule has 1 aromatic carbocycles. The molecule has 1 aliphatic rings. The average Bonchev–Trinajstić information content (AvgIpc) is 2.43. The zero-order valence-corrected chi connectivity index (χ0v) is 12.3. The van der Waals surface area contributed by atoms with E-state index in [9.17, 15) is 0 Å². The summed E-state index contributed by atoms with van der Waals surface area (Å²) in [7, 11) is 2.05. The molecule has 1 aromatic rings. The Morgan fingerprint density at radius 2 is 2.11 bits per heavy atom. The zero-order valence-electron chi connectivity index (χ0n) is 12.3. The summed E-state index contributed by atoms with van der Waals surface area (Å²) < 4.78 is 5.51. The van der Waals surface area contributed by atoms with Crippen LogP contribution in [0.5, 0.6) is 0 Å². The summed E-state index contributed by atoms with van der Waals surface area (Å²) >= 11 is 0. The van der Waals surface area contributed by atoms with Crippen LogP contribution in [-0.4, -0.2) is 44.3 Å². The first kappa shape index (κ1) is 14.5. The molecule has 0 aliphatic carbocycles. The summed E-state index contributed by atoms with van der Waals surface area (Å²) in [6, 6.07) is 11.7. The van der Waals surface area contributed by atoms with Gasteiger partial charge in [0.05, 0.1) is 13.2 Å². The number of nitrogens with one attached hydrogen (secondary N) is 1. The highest BCUT2D eigenvalue weighted by atomic mass is 16.5. The molecule has 0 amide bonds. The lowest BCUT2D eigenvalue weighted by Gasteiger charge is -2.37. The molecule has 0 saturated carbocycles. The molecule has 0 aromatic heterocycles. The first-order valence-corrected chi connectivity index (χ1v) is 7.26. The molecule has 1 aliphatic heterocycles. The molecule has 1 saturated heterocycles. The van der Waals surface area contributed by atoms with Crippen molar-refractivity contribution in [3.63, 3.8) is 0 Å². The van der Waals surface area contributed by atoms with Crippen LogP contribution in [0, 0.1) is 5.92 Å². The number of ether oxygens (including phenoxy) is 1. The lowest BCUT2D eigenvalue weighted by atomic mass is 9.93. The number of rotatable bonds is 5. The van der Waals surface area contributed by atoms with Crippen LogP contribution >= 0.6 is 0 Å². The highest BCUT2D eigenvalue weighted by molar-refractivity contribution is 5.19. The van der Waals surface area contributed by atoms with E-state index in [1.807, 2.05) is 0 Å². The number of benzene rings is 1. The van der Waals surface area contributed by atoms with E-state index >= 15 is 0 Å². The van der Waals surface area contributed by atoms with E-state index in [0.29, 0.717) is 18.0 Å². The first-order valence-electron chi connectivity index (χ1n) is 7.26. The zero-order chi connectivity index (χ0) is 13.7. The van der Waals surface area contributed by atoms with Gasteiger partial charge in [0.2, 0.25) is 0 Å². The Kier molecular flexibility index (Phi) is 5.37. The second-order valence-corrected chi connectivity index (χ2v) is 5.57. The van der Waals surface area contributed by atoms with E-state index in [1.54, 1.807) is 0 Å². The summed E-state index contributed by atoms with van der Waals surface area (Å²) in [5, 5.41) is 3.46. The Bertz CT molecular complexity index is 368. The van der Waals surface area contributed by atoms with Gasteiger partial charge >= 0.3 is 0 Å². The van der Waals surface area contributed by atoms with Crippen molar-refractivity contribution >= 4 is 0 Å². The van der Waals surface area contributed by atoms with Gasteiger partial charge in [-0.25, -0.2) is 0 Å². The highest BCUT2D eigenvalue weighted by Crippen LogP contribution is 2.23. The largest absolute Gasteiger partial charge is 0.379 e. The van der Waals surface area contributed by atoms with Gasteiger partial charge < -0.3 is 10.1 Å². The molecule has 106 valence electrons. The van der Waals surface area contributed by atoms with Gasteiger partial charge in [0.15, 0.2) is 0 Å². The Hall–Kier alpha value is -0.900. The molecule has 2 rings (SSSR count). The molecule has 3 nitrogen and oxygen atoms in total. The van der Waals surface area contributed by atoms with Gasteiger partial charge in [0.25, 0.3) is 0 Å². The highest BCUT2D eigenvalue weighted by Gasteiger charge is 2.24. The molecular formula is C16H26N2O. The summed E-state index contributed by atoms with van der Waals surface area (Å²) in [6.07, 6.45) is 0. The second-order valence-electron chi connectivity index (χ2n) is 5.57. The van der Waals surface area contributed by atoms with Crippen molar-refractivity contribution in [2.45, 2.75) is 25.9 Å². The third kappa shape index (κ3) is 3.78.